The Labute approximate surface area is 117 Å². The van der Waals surface area contributed by atoms with E-state index < -0.39 is 0 Å². The number of ether oxygens (including phenoxy) is 1. The van der Waals surface area contributed by atoms with Gasteiger partial charge in [0.2, 0.25) is 0 Å². The molecule has 2 heteroatoms. The maximum absolute atomic E-state index is 5.69. The van der Waals surface area contributed by atoms with Crippen molar-refractivity contribution >= 4 is 0 Å². The highest BCUT2D eigenvalue weighted by Gasteiger charge is 2.09. The molecule has 0 radical (unpaired) electrons. The van der Waals surface area contributed by atoms with Crippen LogP contribution in [0, 0.1) is 0 Å². The molecule has 0 aliphatic carbocycles. The summed E-state index contributed by atoms with van der Waals surface area (Å²) in [6, 6.07) is 8.88. The van der Waals surface area contributed by atoms with Crippen LogP contribution >= 0.6 is 0 Å². The predicted octanol–water partition coefficient (Wildman–Crippen LogP) is 4.48. The fourth-order valence-electron chi connectivity index (χ4n) is 2.05. The molecule has 1 aromatic rings. The molecule has 1 atom stereocenters. The standard InChI is InChI=1S/C17H27NO/c1-4-7-9-17(18-6-3)15-10-12-16(13-11-15)19-14-8-5-2/h4,10-13,17-18H,1,5-9,14H2,2-3H3. The normalized spacial score (nSPS) is 12.1. The molecule has 0 aliphatic heterocycles. The molecule has 0 saturated heterocycles. The van der Waals surface area contributed by atoms with Gasteiger partial charge in [-0.1, -0.05) is 38.5 Å². The number of allylic oxidation sites excluding steroid dienone is 1. The summed E-state index contributed by atoms with van der Waals surface area (Å²) >= 11 is 0. The first-order valence-electron chi connectivity index (χ1n) is 7.38. The van der Waals surface area contributed by atoms with Crippen molar-refractivity contribution in [3.63, 3.8) is 0 Å². The lowest BCUT2D eigenvalue weighted by Crippen LogP contribution is -2.20. The van der Waals surface area contributed by atoms with Crippen LogP contribution in [-0.2, 0) is 0 Å². The molecule has 0 heterocycles. The molecule has 1 N–H and O–H groups in total. The average Bonchev–Trinajstić information content (AvgIpc) is 2.45. The third-order valence-corrected chi connectivity index (χ3v) is 3.16. The van der Waals surface area contributed by atoms with Gasteiger partial charge in [-0.3, -0.25) is 0 Å². The summed E-state index contributed by atoms with van der Waals surface area (Å²) in [5.74, 6) is 0.969. The van der Waals surface area contributed by atoms with Gasteiger partial charge in [0, 0.05) is 6.04 Å². The van der Waals surface area contributed by atoms with Crippen molar-refractivity contribution in [2.45, 2.75) is 45.6 Å². The van der Waals surface area contributed by atoms with Crippen molar-refractivity contribution in [3.05, 3.63) is 42.5 Å². The van der Waals surface area contributed by atoms with Crippen molar-refractivity contribution < 1.29 is 4.74 Å². The minimum Gasteiger partial charge on any atom is -0.494 e. The van der Waals surface area contributed by atoms with E-state index in [0.717, 1.165) is 38.2 Å². The topological polar surface area (TPSA) is 21.3 Å². The van der Waals surface area contributed by atoms with E-state index in [-0.39, 0.29) is 0 Å². The lowest BCUT2D eigenvalue weighted by molar-refractivity contribution is 0.309. The van der Waals surface area contributed by atoms with E-state index in [4.69, 9.17) is 4.74 Å². The molecule has 0 bridgehead atoms. The van der Waals surface area contributed by atoms with Crippen LogP contribution in [0.15, 0.2) is 36.9 Å². The Hall–Kier alpha value is -1.28. The van der Waals surface area contributed by atoms with Gasteiger partial charge in [0.05, 0.1) is 6.61 Å². The molecule has 1 rings (SSSR count). The van der Waals surface area contributed by atoms with Crippen LogP contribution in [0.3, 0.4) is 0 Å². The molecule has 1 aromatic carbocycles. The Morgan fingerprint density at radius 1 is 1.26 bits per heavy atom. The molecule has 0 saturated carbocycles. The van der Waals surface area contributed by atoms with Crippen molar-refractivity contribution in [2.24, 2.45) is 0 Å². The Morgan fingerprint density at radius 3 is 2.58 bits per heavy atom. The number of benzene rings is 1. The monoisotopic (exact) mass is 261 g/mol. The van der Waals surface area contributed by atoms with E-state index in [9.17, 15) is 0 Å². The van der Waals surface area contributed by atoms with Crippen LogP contribution in [-0.4, -0.2) is 13.2 Å². The molecule has 0 aromatic heterocycles. The molecule has 0 fully saturated rings. The van der Waals surface area contributed by atoms with Gasteiger partial charge in [-0.05, 0) is 43.5 Å². The molecule has 19 heavy (non-hydrogen) atoms. The van der Waals surface area contributed by atoms with Gasteiger partial charge < -0.3 is 10.1 Å². The summed E-state index contributed by atoms with van der Waals surface area (Å²) in [7, 11) is 0. The van der Waals surface area contributed by atoms with Crippen molar-refractivity contribution in [3.8, 4) is 5.75 Å². The highest BCUT2D eigenvalue weighted by Crippen LogP contribution is 2.21. The molecular formula is C17H27NO. The first-order chi connectivity index (χ1) is 9.31. The van der Waals surface area contributed by atoms with E-state index >= 15 is 0 Å². The zero-order chi connectivity index (χ0) is 13.9. The van der Waals surface area contributed by atoms with E-state index in [2.05, 4.69) is 50.0 Å². The van der Waals surface area contributed by atoms with Crippen LogP contribution in [0.5, 0.6) is 5.75 Å². The largest absolute Gasteiger partial charge is 0.494 e. The number of hydrogen-bond donors (Lipinski definition) is 1. The summed E-state index contributed by atoms with van der Waals surface area (Å²) < 4.78 is 5.69. The van der Waals surface area contributed by atoms with E-state index in [1.54, 1.807) is 0 Å². The SMILES string of the molecule is C=CCCC(NCC)c1ccc(OCCCC)cc1. The quantitative estimate of drug-likeness (QED) is 0.495. The minimum absolute atomic E-state index is 0.410. The molecule has 0 spiro atoms. The Morgan fingerprint density at radius 2 is 2.00 bits per heavy atom. The molecule has 2 nitrogen and oxygen atoms in total. The van der Waals surface area contributed by atoms with Gasteiger partial charge in [-0.2, -0.15) is 0 Å². The minimum atomic E-state index is 0.410. The molecule has 0 aliphatic rings. The first-order valence-corrected chi connectivity index (χ1v) is 7.38. The summed E-state index contributed by atoms with van der Waals surface area (Å²) in [6.45, 7) is 9.90. The molecule has 1 unspecified atom stereocenters. The summed E-state index contributed by atoms with van der Waals surface area (Å²) in [5, 5.41) is 3.52. The fourth-order valence-corrected chi connectivity index (χ4v) is 2.05. The van der Waals surface area contributed by atoms with Crippen LogP contribution in [0.1, 0.15) is 51.1 Å². The number of nitrogens with one attached hydrogen (secondary N) is 1. The lowest BCUT2D eigenvalue weighted by Gasteiger charge is -2.18. The maximum Gasteiger partial charge on any atom is 0.119 e. The number of unbranched alkanes of at least 4 members (excludes halogenated alkanes) is 1. The van der Waals surface area contributed by atoms with Gasteiger partial charge >= 0.3 is 0 Å². The van der Waals surface area contributed by atoms with Gasteiger partial charge in [-0.25, -0.2) is 0 Å². The summed E-state index contributed by atoms with van der Waals surface area (Å²) in [4.78, 5) is 0. The van der Waals surface area contributed by atoms with Gasteiger partial charge in [0.1, 0.15) is 5.75 Å². The number of hydrogen-bond acceptors (Lipinski definition) is 2. The molecule has 106 valence electrons. The second kappa shape index (κ2) is 9.62. The van der Waals surface area contributed by atoms with Crippen LogP contribution in [0.2, 0.25) is 0 Å². The Kier molecular flexibility index (Phi) is 7.99. The van der Waals surface area contributed by atoms with Crippen LogP contribution < -0.4 is 10.1 Å². The second-order valence-electron chi connectivity index (χ2n) is 4.75. The van der Waals surface area contributed by atoms with Crippen LogP contribution in [0.25, 0.3) is 0 Å². The van der Waals surface area contributed by atoms with Gasteiger partial charge in [-0.15, -0.1) is 6.58 Å². The van der Waals surface area contributed by atoms with Gasteiger partial charge in [0.15, 0.2) is 0 Å². The lowest BCUT2D eigenvalue weighted by atomic mass is 10.0. The first kappa shape index (κ1) is 15.8. The van der Waals surface area contributed by atoms with E-state index in [1.165, 1.54) is 12.0 Å². The third-order valence-electron chi connectivity index (χ3n) is 3.16. The molecule has 0 amide bonds. The third kappa shape index (κ3) is 5.93. The van der Waals surface area contributed by atoms with E-state index in [1.807, 2.05) is 6.08 Å². The maximum atomic E-state index is 5.69. The van der Waals surface area contributed by atoms with Crippen molar-refractivity contribution in [1.29, 1.82) is 0 Å². The Balaban J connectivity index is 2.57. The van der Waals surface area contributed by atoms with E-state index in [0.29, 0.717) is 6.04 Å². The summed E-state index contributed by atoms with van der Waals surface area (Å²) in [5.41, 5.74) is 1.33. The average molecular weight is 261 g/mol. The number of rotatable bonds is 10. The van der Waals surface area contributed by atoms with Crippen molar-refractivity contribution in [2.75, 3.05) is 13.2 Å². The smallest absolute Gasteiger partial charge is 0.119 e. The second-order valence-corrected chi connectivity index (χ2v) is 4.75. The predicted molar refractivity (Wildman–Crippen MR) is 82.7 cm³/mol. The Bertz CT molecular complexity index is 345. The highest BCUT2D eigenvalue weighted by molar-refractivity contribution is 5.29. The van der Waals surface area contributed by atoms with Gasteiger partial charge in [0.25, 0.3) is 0 Å². The highest BCUT2D eigenvalue weighted by atomic mass is 16.5. The summed E-state index contributed by atoms with van der Waals surface area (Å²) in [6.07, 6.45) is 6.38. The van der Waals surface area contributed by atoms with Crippen molar-refractivity contribution in [1.82, 2.24) is 5.32 Å². The van der Waals surface area contributed by atoms with Crippen LogP contribution in [0.4, 0.5) is 0 Å². The molecular weight excluding hydrogens is 234 g/mol. The zero-order valence-electron chi connectivity index (χ0n) is 12.3. The fraction of sp³-hybridized carbons (Fsp3) is 0.529. The zero-order valence-corrected chi connectivity index (χ0v) is 12.3.